The van der Waals surface area contributed by atoms with Gasteiger partial charge in [-0.25, -0.2) is 0 Å². The second-order valence-corrected chi connectivity index (χ2v) is 3.43. The highest BCUT2D eigenvalue weighted by molar-refractivity contribution is 4.93. The largest absolute Gasteiger partial charge is 0.0654 e. The highest BCUT2D eigenvalue weighted by Crippen LogP contribution is 2.32. The van der Waals surface area contributed by atoms with Crippen LogP contribution in [0.2, 0.25) is 0 Å². The third-order valence-electron chi connectivity index (χ3n) is 2.25. The van der Waals surface area contributed by atoms with Gasteiger partial charge in [-0.1, -0.05) is 45.4 Å². The average molecular weight is 139 g/mol. The maximum atomic E-state index is 2.43. The summed E-state index contributed by atoms with van der Waals surface area (Å²) in [7, 11) is 0. The zero-order valence-corrected chi connectivity index (χ0v) is 7.10. The minimum atomic E-state index is 1.03. The summed E-state index contributed by atoms with van der Waals surface area (Å²) in [5, 5.41) is 0. The van der Waals surface area contributed by atoms with E-state index < -0.39 is 0 Å². The van der Waals surface area contributed by atoms with E-state index in [4.69, 9.17) is 0 Å². The fourth-order valence-electron chi connectivity index (χ4n) is 1.34. The first-order valence-electron chi connectivity index (χ1n) is 4.77. The summed E-state index contributed by atoms with van der Waals surface area (Å²) in [6.07, 6.45) is 12.5. The molecule has 0 saturated heterocycles. The average Bonchev–Trinajstić information content (AvgIpc) is 2.71. The molecule has 1 fully saturated rings. The minimum absolute atomic E-state index is 1.03. The van der Waals surface area contributed by atoms with Gasteiger partial charge < -0.3 is 0 Å². The lowest BCUT2D eigenvalue weighted by Crippen LogP contribution is -1.79. The van der Waals surface area contributed by atoms with Gasteiger partial charge in [0.1, 0.15) is 0 Å². The fourth-order valence-corrected chi connectivity index (χ4v) is 1.34. The lowest BCUT2D eigenvalue weighted by atomic mass is 10.1. The molecule has 0 aromatic heterocycles. The quantitative estimate of drug-likeness (QED) is 0.493. The van der Waals surface area contributed by atoms with E-state index in [0.29, 0.717) is 0 Å². The van der Waals surface area contributed by atoms with E-state index in [0.717, 1.165) is 5.92 Å². The molecule has 1 radical (unpaired) electrons. The Hall–Kier alpha value is 0. The molecule has 1 aliphatic carbocycles. The van der Waals surface area contributed by atoms with Crippen LogP contribution >= 0.6 is 0 Å². The zero-order valence-electron chi connectivity index (χ0n) is 7.10. The molecule has 0 nitrogen and oxygen atoms in total. The van der Waals surface area contributed by atoms with Crippen LogP contribution in [-0.4, -0.2) is 0 Å². The Bertz CT molecular complexity index is 72.1. The van der Waals surface area contributed by atoms with Gasteiger partial charge in [0.2, 0.25) is 0 Å². The van der Waals surface area contributed by atoms with Crippen LogP contribution < -0.4 is 0 Å². The predicted molar refractivity (Wildman–Crippen MR) is 45.8 cm³/mol. The number of rotatable bonds is 6. The zero-order chi connectivity index (χ0) is 7.23. The molecule has 1 unspecified atom stereocenters. The van der Waals surface area contributed by atoms with E-state index in [-0.39, 0.29) is 0 Å². The molecule has 0 spiro atoms. The van der Waals surface area contributed by atoms with Gasteiger partial charge in [0, 0.05) is 0 Å². The Labute approximate surface area is 65.0 Å². The molecule has 0 amide bonds. The Morgan fingerprint density at radius 2 is 1.90 bits per heavy atom. The lowest BCUT2D eigenvalue weighted by Gasteiger charge is -1.97. The van der Waals surface area contributed by atoms with Crippen LogP contribution in [0.1, 0.15) is 51.9 Å². The monoisotopic (exact) mass is 139 g/mol. The van der Waals surface area contributed by atoms with Gasteiger partial charge in [0.05, 0.1) is 0 Å². The molecular formula is C10H19. The molecule has 0 aromatic rings. The molecule has 1 rings (SSSR count). The van der Waals surface area contributed by atoms with Crippen LogP contribution in [0.4, 0.5) is 0 Å². The molecule has 0 aliphatic heterocycles. The summed E-state index contributed by atoms with van der Waals surface area (Å²) in [5.41, 5.74) is 0. The molecule has 0 heterocycles. The summed E-state index contributed by atoms with van der Waals surface area (Å²) in [6.45, 7) is 2.27. The van der Waals surface area contributed by atoms with E-state index in [1.807, 2.05) is 0 Å². The first kappa shape index (κ1) is 8.10. The van der Waals surface area contributed by atoms with Crippen LogP contribution in [0.5, 0.6) is 0 Å². The normalized spacial score (nSPS) is 17.7. The number of unbranched alkanes of at least 4 members (excludes halogenated alkanes) is 4. The van der Waals surface area contributed by atoms with Crippen molar-refractivity contribution in [1.29, 1.82) is 0 Å². The van der Waals surface area contributed by atoms with E-state index in [9.17, 15) is 0 Å². The van der Waals surface area contributed by atoms with Crippen molar-refractivity contribution < 1.29 is 0 Å². The first-order valence-corrected chi connectivity index (χ1v) is 4.77. The molecule has 0 heteroatoms. The number of hydrogen-bond acceptors (Lipinski definition) is 0. The molecule has 0 bridgehead atoms. The highest BCUT2D eigenvalue weighted by atomic mass is 14.2. The molecule has 1 aliphatic rings. The van der Waals surface area contributed by atoms with E-state index in [2.05, 4.69) is 13.3 Å². The smallest absolute Gasteiger partial charge is 0.0352 e. The van der Waals surface area contributed by atoms with Crippen molar-refractivity contribution in [2.45, 2.75) is 51.9 Å². The molecule has 0 N–H and O–H groups in total. The van der Waals surface area contributed by atoms with Gasteiger partial charge in [-0.15, -0.1) is 0 Å². The molecule has 0 aromatic carbocycles. The molecular weight excluding hydrogens is 120 g/mol. The summed E-state index contributed by atoms with van der Waals surface area (Å²) < 4.78 is 0. The van der Waals surface area contributed by atoms with Crippen molar-refractivity contribution in [3.8, 4) is 0 Å². The van der Waals surface area contributed by atoms with Crippen LogP contribution in [0, 0.1) is 12.3 Å². The van der Waals surface area contributed by atoms with Gasteiger partial charge in [0.15, 0.2) is 0 Å². The Morgan fingerprint density at radius 3 is 2.50 bits per heavy atom. The van der Waals surface area contributed by atoms with Gasteiger partial charge in [-0.05, 0) is 18.8 Å². The molecule has 1 atom stereocenters. The molecule has 10 heavy (non-hydrogen) atoms. The van der Waals surface area contributed by atoms with Crippen molar-refractivity contribution in [3.05, 3.63) is 6.42 Å². The van der Waals surface area contributed by atoms with Crippen molar-refractivity contribution in [1.82, 2.24) is 0 Å². The second kappa shape index (κ2) is 4.76. The van der Waals surface area contributed by atoms with Crippen molar-refractivity contribution in [2.75, 3.05) is 0 Å². The Kier molecular flexibility index (Phi) is 3.86. The summed E-state index contributed by atoms with van der Waals surface area (Å²) in [4.78, 5) is 0. The van der Waals surface area contributed by atoms with Crippen molar-refractivity contribution in [3.63, 3.8) is 0 Å². The first-order chi connectivity index (χ1) is 4.93. The van der Waals surface area contributed by atoms with E-state index in [1.165, 1.54) is 44.9 Å². The highest BCUT2D eigenvalue weighted by Gasteiger charge is 2.20. The van der Waals surface area contributed by atoms with E-state index >= 15 is 0 Å². The van der Waals surface area contributed by atoms with Gasteiger partial charge in [0.25, 0.3) is 0 Å². The van der Waals surface area contributed by atoms with Gasteiger partial charge >= 0.3 is 0 Å². The molecule has 1 saturated carbocycles. The van der Waals surface area contributed by atoms with Crippen molar-refractivity contribution in [2.24, 2.45) is 5.92 Å². The Balaban J connectivity index is 1.68. The van der Waals surface area contributed by atoms with Gasteiger partial charge in [-0.3, -0.25) is 0 Å². The summed E-state index contributed by atoms with van der Waals surface area (Å²) in [6, 6.07) is 0. The third kappa shape index (κ3) is 3.92. The van der Waals surface area contributed by atoms with Crippen LogP contribution in [0.3, 0.4) is 0 Å². The SMILES string of the molecule is CCCCCCCC1[CH]C1. The molecule has 59 valence electrons. The maximum absolute atomic E-state index is 2.43. The minimum Gasteiger partial charge on any atom is -0.0654 e. The van der Waals surface area contributed by atoms with Gasteiger partial charge in [-0.2, -0.15) is 0 Å². The standard InChI is InChI=1S/C10H19/c1-2-3-4-5-6-7-10-8-9-10/h8,10H,2-7,9H2,1H3. The Morgan fingerprint density at radius 1 is 1.20 bits per heavy atom. The second-order valence-electron chi connectivity index (χ2n) is 3.43. The maximum Gasteiger partial charge on any atom is -0.0352 e. The van der Waals surface area contributed by atoms with Crippen molar-refractivity contribution >= 4 is 0 Å². The lowest BCUT2D eigenvalue weighted by molar-refractivity contribution is 0.587. The van der Waals surface area contributed by atoms with Crippen LogP contribution in [-0.2, 0) is 0 Å². The predicted octanol–water partition coefficient (Wildman–Crippen LogP) is 3.57. The third-order valence-corrected chi connectivity index (χ3v) is 2.25. The summed E-state index contributed by atoms with van der Waals surface area (Å²) in [5.74, 6) is 1.03. The van der Waals surface area contributed by atoms with Crippen LogP contribution in [0.15, 0.2) is 0 Å². The van der Waals surface area contributed by atoms with E-state index in [1.54, 1.807) is 0 Å². The summed E-state index contributed by atoms with van der Waals surface area (Å²) >= 11 is 0. The fraction of sp³-hybridized carbons (Fsp3) is 0.900. The van der Waals surface area contributed by atoms with Crippen LogP contribution in [0.25, 0.3) is 0 Å². The topological polar surface area (TPSA) is 0 Å². The number of hydrogen-bond donors (Lipinski definition) is 0.